The van der Waals surface area contributed by atoms with Crippen LogP contribution >= 0.6 is 23.4 Å². The molecule has 0 amide bonds. The Morgan fingerprint density at radius 2 is 2.42 bits per heavy atom. The largest absolute Gasteiger partial charge is 0.295 e. The van der Waals surface area contributed by atoms with Gasteiger partial charge in [-0.05, 0) is 13.3 Å². The van der Waals surface area contributed by atoms with Crippen LogP contribution in [0.1, 0.15) is 20.3 Å². The fourth-order valence-corrected chi connectivity index (χ4v) is 3.12. The van der Waals surface area contributed by atoms with E-state index in [1.54, 1.807) is 0 Å². The number of nitrogens with zero attached hydrogens (tertiary/aromatic N) is 1. The number of halogens is 1. The van der Waals surface area contributed by atoms with E-state index in [9.17, 15) is 0 Å². The Labute approximate surface area is 84.8 Å². The molecule has 1 nitrogen and oxygen atoms in total. The van der Waals surface area contributed by atoms with Gasteiger partial charge in [-0.25, -0.2) is 0 Å². The topological polar surface area (TPSA) is 3.24 Å². The molecular weight excluding hydrogens is 190 g/mol. The van der Waals surface area contributed by atoms with Gasteiger partial charge in [0.05, 0.1) is 0 Å². The lowest BCUT2D eigenvalue weighted by Gasteiger charge is -2.38. The Morgan fingerprint density at radius 1 is 1.67 bits per heavy atom. The van der Waals surface area contributed by atoms with Gasteiger partial charge in [0.2, 0.25) is 0 Å². The molecular formula is C9H18ClNS. The maximum Gasteiger partial charge on any atom is 0.0387 e. The van der Waals surface area contributed by atoms with Crippen LogP contribution in [0.15, 0.2) is 0 Å². The molecule has 0 bridgehead atoms. The molecule has 2 unspecified atom stereocenters. The van der Waals surface area contributed by atoms with Crippen molar-refractivity contribution in [3.63, 3.8) is 0 Å². The van der Waals surface area contributed by atoms with Crippen molar-refractivity contribution in [2.45, 2.75) is 32.4 Å². The van der Waals surface area contributed by atoms with E-state index in [0.29, 0.717) is 12.1 Å². The van der Waals surface area contributed by atoms with Gasteiger partial charge in [0.15, 0.2) is 0 Å². The fourth-order valence-electron chi connectivity index (χ4n) is 1.62. The number of thioether (sulfide) groups is 1. The van der Waals surface area contributed by atoms with Crippen LogP contribution in [0, 0.1) is 0 Å². The first-order valence-electron chi connectivity index (χ1n) is 4.69. The number of hydrogen-bond acceptors (Lipinski definition) is 2. The van der Waals surface area contributed by atoms with Crippen molar-refractivity contribution in [1.29, 1.82) is 0 Å². The highest BCUT2D eigenvalue weighted by atomic mass is 35.5. The van der Waals surface area contributed by atoms with Gasteiger partial charge in [0.1, 0.15) is 0 Å². The molecule has 72 valence electrons. The highest BCUT2D eigenvalue weighted by molar-refractivity contribution is 7.99. The molecule has 3 heteroatoms. The monoisotopic (exact) mass is 207 g/mol. The van der Waals surface area contributed by atoms with E-state index in [2.05, 4.69) is 18.7 Å². The van der Waals surface area contributed by atoms with Gasteiger partial charge in [-0.1, -0.05) is 6.92 Å². The summed E-state index contributed by atoms with van der Waals surface area (Å²) in [7, 11) is 0. The van der Waals surface area contributed by atoms with E-state index in [0.717, 1.165) is 5.88 Å². The van der Waals surface area contributed by atoms with E-state index in [-0.39, 0.29) is 0 Å². The van der Waals surface area contributed by atoms with E-state index in [1.807, 2.05) is 11.8 Å². The Balaban J connectivity index is 2.46. The molecule has 0 aromatic carbocycles. The molecule has 0 aromatic heterocycles. The zero-order valence-electron chi connectivity index (χ0n) is 7.92. The molecule has 1 heterocycles. The summed E-state index contributed by atoms with van der Waals surface area (Å²) < 4.78 is 0. The summed E-state index contributed by atoms with van der Waals surface area (Å²) in [6, 6.07) is 1.31. The van der Waals surface area contributed by atoms with E-state index in [4.69, 9.17) is 11.6 Å². The zero-order chi connectivity index (χ0) is 8.97. The third-order valence-corrected chi connectivity index (χ3v) is 4.06. The van der Waals surface area contributed by atoms with Crippen molar-refractivity contribution in [1.82, 2.24) is 4.90 Å². The van der Waals surface area contributed by atoms with Gasteiger partial charge >= 0.3 is 0 Å². The molecule has 1 saturated heterocycles. The summed E-state index contributed by atoms with van der Waals surface area (Å²) >= 11 is 7.95. The Bertz CT molecular complexity index is 132. The average molecular weight is 208 g/mol. The van der Waals surface area contributed by atoms with Crippen molar-refractivity contribution in [3.8, 4) is 0 Å². The molecule has 0 radical (unpaired) electrons. The predicted molar refractivity (Wildman–Crippen MR) is 58.3 cm³/mol. The number of alkyl halides is 1. The quantitative estimate of drug-likeness (QED) is 0.655. The van der Waals surface area contributed by atoms with Gasteiger partial charge in [-0.15, -0.1) is 11.6 Å². The lowest BCUT2D eigenvalue weighted by atomic mass is 10.2. The van der Waals surface area contributed by atoms with Gasteiger partial charge in [-0.3, -0.25) is 4.90 Å². The molecule has 0 spiro atoms. The Morgan fingerprint density at radius 3 is 3.00 bits per heavy atom. The van der Waals surface area contributed by atoms with Gasteiger partial charge in [-0.2, -0.15) is 11.8 Å². The third-order valence-electron chi connectivity index (χ3n) is 2.61. The van der Waals surface area contributed by atoms with Crippen LogP contribution in [0.3, 0.4) is 0 Å². The van der Waals surface area contributed by atoms with Crippen LogP contribution in [0.5, 0.6) is 0 Å². The second kappa shape index (κ2) is 5.36. The van der Waals surface area contributed by atoms with Crippen LogP contribution in [-0.4, -0.2) is 40.9 Å². The summed E-state index contributed by atoms with van der Waals surface area (Å²) in [6.07, 6.45) is 1.23. The molecule has 2 atom stereocenters. The molecule has 0 N–H and O–H groups in total. The highest BCUT2D eigenvalue weighted by Crippen LogP contribution is 2.20. The molecule has 0 aliphatic carbocycles. The highest BCUT2D eigenvalue weighted by Gasteiger charge is 2.24. The standard InChI is InChI=1S/C9H18ClNS/c1-3-8(2)11-4-5-12-7-9(11)6-10/h8-9H,3-7H2,1-2H3. The summed E-state index contributed by atoms with van der Waals surface area (Å²) in [4.78, 5) is 2.56. The third kappa shape index (κ3) is 2.54. The smallest absolute Gasteiger partial charge is 0.0387 e. The fraction of sp³-hybridized carbons (Fsp3) is 1.00. The van der Waals surface area contributed by atoms with E-state index < -0.39 is 0 Å². The minimum atomic E-state index is 0.611. The molecule has 0 aromatic rings. The maximum absolute atomic E-state index is 5.92. The first-order chi connectivity index (χ1) is 5.79. The lowest BCUT2D eigenvalue weighted by molar-refractivity contribution is 0.171. The van der Waals surface area contributed by atoms with Crippen LogP contribution < -0.4 is 0 Å². The lowest BCUT2D eigenvalue weighted by Crippen LogP contribution is -2.48. The normalized spacial score (nSPS) is 28.8. The van der Waals surface area contributed by atoms with E-state index >= 15 is 0 Å². The molecule has 0 saturated carbocycles. The van der Waals surface area contributed by atoms with Crippen LogP contribution in [0.25, 0.3) is 0 Å². The minimum absolute atomic E-state index is 0.611. The minimum Gasteiger partial charge on any atom is -0.295 e. The van der Waals surface area contributed by atoms with Crippen molar-refractivity contribution in [3.05, 3.63) is 0 Å². The van der Waals surface area contributed by atoms with Crippen LogP contribution in [0.4, 0.5) is 0 Å². The van der Waals surface area contributed by atoms with Gasteiger partial charge < -0.3 is 0 Å². The van der Waals surface area contributed by atoms with Gasteiger partial charge in [0, 0.05) is 36.0 Å². The second-order valence-corrected chi connectivity index (χ2v) is 4.84. The summed E-state index contributed by atoms with van der Waals surface area (Å²) in [5.74, 6) is 3.28. The Hall–Kier alpha value is 0.600. The molecule has 1 aliphatic heterocycles. The molecule has 1 rings (SSSR count). The van der Waals surface area contributed by atoms with Crippen LogP contribution in [0.2, 0.25) is 0 Å². The first kappa shape index (κ1) is 10.7. The van der Waals surface area contributed by atoms with Crippen molar-refractivity contribution in [2.24, 2.45) is 0 Å². The Kier molecular flexibility index (Phi) is 4.77. The molecule has 1 fully saturated rings. The predicted octanol–water partition coefficient (Wildman–Crippen LogP) is 2.44. The molecule has 1 aliphatic rings. The number of hydrogen-bond donors (Lipinski definition) is 0. The summed E-state index contributed by atoms with van der Waals surface area (Å²) in [5, 5.41) is 0. The summed E-state index contributed by atoms with van der Waals surface area (Å²) in [5.41, 5.74) is 0. The van der Waals surface area contributed by atoms with Crippen molar-refractivity contribution in [2.75, 3.05) is 23.9 Å². The second-order valence-electron chi connectivity index (χ2n) is 3.38. The maximum atomic E-state index is 5.92. The van der Waals surface area contributed by atoms with Gasteiger partial charge in [0.25, 0.3) is 0 Å². The van der Waals surface area contributed by atoms with Crippen molar-refractivity contribution >= 4 is 23.4 Å². The SMILES string of the molecule is CCC(C)N1CCSCC1CCl. The van der Waals surface area contributed by atoms with Crippen LogP contribution in [-0.2, 0) is 0 Å². The molecule has 12 heavy (non-hydrogen) atoms. The number of rotatable bonds is 3. The summed E-state index contributed by atoms with van der Waals surface area (Å²) in [6.45, 7) is 5.77. The first-order valence-corrected chi connectivity index (χ1v) is 6.38. The zero-order valence-corrected chi connectivity index (χ0v) is 9.50. The average Bonchev–Trinajstić information content (AvgIpc) is 2.16. The van der Waals surface area contributed by atoms with Crippen molar-refractivity contribution < 1.29 is 0 Å². The van der Waals surface area contributed by atoms with E-state index in [1.165, 1.54) is 24.5 Å².